The fraction of sp³-hybridized carbons (Fsp3) is 0.619. The largest absolute Gasteiger partial charge is 0.379 e. The van der Waals surface area contributed by atoms with E-state index in [0.29, 0.717) is 13.0 Å². The predicted octanol–water partition coefficient (Wildman–Crippen LogP) is 0.216. The predicted molar refractivity (Wildman–Crippen MR) is 106 cm³/mol. The van der Waals surface area contributed by atoms with Crippen molar-refractivity contribution in [3.63, 3.8) is 0 Å². The van der Waals surface area contributed by atoms with Gasteiger partial charge < -0.3 is 15.4 Å². The zero-order chi connectivity index (χ0) is 19.4. The first-order chi connectivity index (χ1) is 13.6. The SMILES string of the molecule is O=C(NCCN1CCOCC1)[C@@H]1C[C@]2(CCN(Cc3ccccc3)C2)C(=O)N1. The second-order valence-corrected chi connectivity index (χ2v) is 8.20. The fourth-order valence-corrected chi connectivity index (χ4v) is 4.58. The van der Waals surface area contributed by atoms with Crippen LogP contribution in [-0.2, 0) is 20.9 Å². The van der Waals surface area contributed by atoms with Gasteiger partial charge in [-0.15, -0.1) is 0 Å². The van der Waals surface area contributed by atoms with Crippen molar-refractivity contribution < 1.29 is 14.3 Å². The van der Waals surface area contributed by atoms with E-state index in [0.717, 1.165) is 58.9 Å². The molecular formula is C21H30N4O3. The minimum Gasteiger partial charge on any atom is -0.379 e. The Morgan fingerprint density at radius 2 is 1.96 bits per heavy atom. The number of benzene rings is 1. The molecule has 0 bridgehead atoms. The topological polar surface area (TPSA) is 73.9 Å². The smallest absolute Gasteiger partial charge is 0.242 e. The van der Waals surface area contributed by atoms with Gasteiger partial charge in [0.15, 0.2) is 0 Å². The van der Waals surface area contributed by atoms with Crippen LogP contribution in [0.3, 0.4) is 0 Å². The highest BCUT2D eigenvalue weighted by Crippen LogP contribution is 2.40. The maximum Gasteiger partial charge on any atom is 0.242 e. The Balaban J connectivity index is 1.25. The van der Waals surface area contributed by atoms with E-state index < -0.39 is 11.5 Å². The van der Waals surface area contributed by atoms with Crippen molar-refractivity contribution >= 4 is 11.8 Å². The summed E-state index contributed by atoms with van der Waals surface area (Å²) >= 11 is 0. The first kappa shape index (κ1) is 19.4. The molecule has 1 spiro atoms. The standard InChI is InChI=1S/C21H30N4O3/c26-19(22-7-9-24-10-12-28-13-11-24)18-14-21(20(27)23-18)6-8-25(16-21)15-17-4-2-1-3-5-17/h1-5,18H,6-16H2,(H,22,26)(H,23,27)/t18-,21-/m0/s1. The molecule has 4 rings (SSSR count). The molecule has 28 heavy (non-hydrogen) atoms. The first-order valence-corrected chi connectivity index (χ1v) is 10.3. The Labute approximate surface area is 166 Å². The lowest BCUT2D eigenvalue weighted by atomic mass is 9.84. The van der Waals surface area contributed by atoms with Crippen LogP contribution in [-0.4, -0.2) is 80.1 Å². The molecule has 0 radical (unpaired) electrons. The number of ether oxygens (including phenoxy) is 1. The van der Waals surface area contributed by atoms with Crippen molar-refractivity contribution in [3.05, 3.63) is 35.9 Å². The molecule has 1 aromatic rings. The molecule has 3 saturated heterocycles. The van der Waals surface area contributed by atoms with Gasteiger partial charge in [-0.05, 0) is 24.9 Å². The molecule has 0 unspecified atom stereocenters. The van der Waals surface area contributed by atoms with Crippen LogP contribution in [0.2, 0.25) is 0 Å². The second kappa shape index (κ2) is 8.59. The lowest BCUT2D eigenvalue weighted by Crippen LogP contribution is -2.46. The average Bonchev–Trinajstić information content (AvgIpc) is 3.27. The molecular weight excluding hydrogens is 356 g/mol. The number of hydrogen-bond acceptors (Lipinski definition) is 5. The van der Waals surface area contributed by atoms with Gasteiger partial charge in [0.25, 0.3) is 0 Å². The van der Waals surface area contributed by atoms with E-state index in [-0.39, 0.29) is 11.8 Å². The van der Waals surface area contributed by atoms with Crippen LogP contribution in [0.15, 0.2) is 30.3 Å². The Morgan fingerprint density at radius 3 is 2.75 bits per heavy atom. The van der Waals surface area contributed by atoms with Gasteiger partial charge >= 0.3 is 0 Å². The molecule has 7 nitrogen and oxygen atoms in total. The van der Waals surface area contributed by atoms with E-state index in [9.17, 15) is 9.59 Å². The summed E-state index contributed by atoms with van der Waals surface area (Å²) in [4.78, 5) is 29.9. The molecule has 1 aromatic carbocycles. The summed E-state index contributed by atoms with van der Waals surface area (Å²) in [6, 6.07) is 9.92. The molecule has 7 heteroatoms. The van der Waals surface area contributed by atoms with Crippen molar-refractivity contribution in [1.82, 2.24) is 20.4 Å². The number of nitrogens with zero attached hydrogens (tertiary/aromatic N) is 2. The Kier molecular flexibility index (Phi) is 5.94. The minimum absolute atomic E-state index is 0.0383. The van der Waals surface area contributed by atoms with Crippen LogP contribution in [0.1, 0.15) is 18.4 Å². The number of nitrogens with one attached hydrogen (secondary N) is 2. The molecule has 2 N–H and O–H groups in total. The second-order valence-electron chi connectivity index (χ2n) is 8.20. The molecule has 2 atom stereocenters. The summed E-state index contributed by atoms with van der Waals surface area (Å²) in [5.74, 6) is -0.0172. The van der Waals surface area contributed by atoms with Crippen molar-refractivity contribution in [2.45, 2.75) is 25.4 Å². The molecule has 0 saturated carbocycles. The lowest BCUT2D eigenvalue weighted by Gasteiger charge is -2.26. The summed E-state index contributed by atoms with van der Waals surface area (Å²) in [6.45, 7) is 7.26. The highest BCUT2D eigenvalue weighted by atomic mass is 16.5. The van der Waals surface area contributed by atoms with Crippen molar-refractivity contribution in [2.24, 2.45) is 5.41 Å². The number of amides is 2. The van der Waals surface area contributed by atoms with Gasteiger partial charge in [-0.2, -0.15) is 0 Å². The molecule has 2 amide bonds. The third kappa shape index (κ3) is 4.37. The number of morpholine rings is 1. The monoisotopic (exact) mass is 386 g/mol. The van der Waals surface area contributed by atoms with Crippen molar-refractivity contribution in [3.8, 4) is 0 Å². The summed E-state index contributed by atoms with van der Waals surface area (Å²) in [5, 5.41) is 5.95. The molecule has 152 valence electrons. The van der Waals surface area contributed by atoms with Gasteiger partial charge in [0, 0.05) is 39.3 Å². The van der Waals surface area contributed by atoms with Crippen LogP contribution in [0.5, 0.6) is 0 Å². The minimum atomic E-state index is -0.416. The third-order valence-electron chi connectivity index (χ3n) is 6.21. The molecule has 0 aliphatic carbocycles. The van der Waals surface area contributed by atoms with Gasteiger partial charge in [-0.1, -0.05) is 30.3 Å². The van der Waals surface area contributed by atoms with Crippen LogP contribution >= 0.6 is 0 Å². The lowest BCUT2D eigenvalue weighted by molar-refractivity contribution is -0.128. The Bertz CT molecular complexity index is 692. The van der Waals surface area contributed by atoms with Crippen molar-refractivity contribution in [1.29, 1.82) is 0 Å². The molecule has 3 aliphatic heterocycles. The van der Waals surface area contributed by atoms with E-state index >= 15 is 0 Å². The normalized spacial score (nSPS) is 28.6. The summed E-state index contributed by atoms with van der Waals surface area (Å²) in [6.07, 6.45) is 1.42. The van der Waals surface area contributed by atoms with Gasteiger partial charge in [0.1, 0.15) is 6.04 Å². The van der Waals surface area contributed by atoms with Crippen LogP contribution in [0, 0.1) is 5.41 Å². The molecule has 3 fully saturated rings. The Morgan fingerprint density at radius 1 is 1.18 bits per heavy atom. The number of carbonyl (C=O) groups excluding carboxylic acids is 2. The van der Waals surface area contributed by atoms with Crippen LogP contribution in [0.4, 0.5) is 0 Å². The highest BCUT2D eigenvalue weighted by Gasteiger charge is 2.52. The fourth-order valence-electron chi connectivity index (χ4n) is 4.58. The van der Waals surface area contributed by atoms with Crippen molar-refractivity contribution in [2.75, 3.05) is 52.5 Å². The van der Waals surface area contributed by atoms with Crippen LogP contribution < -0.4 is 10.6 Å². The van der Waals surface area contributed by atoms with E-state index in [2.05, 4.69) is 32.6 Å². The summed E-state index contributed by atoms with van der Waals surface area (Å²) in [7, 11) is 0. The molecule has 0 aromatic heterocycles. The van der Waals surface area contributed by atoms with Gasteiger partial charge in [-0.3, -0.25) is 19.4 Å². The van der Waals surface area contributed by atoms with Gasteiger partial charge in [-0.25, -0.2) is 0 Å². The third-order valence-corrected chi connectivity index (χ3v) is 6.21. The maximum atomic E-state index is 12.7. The first-order valence-electron chi connectivity index (χ1n) is 10.3. The zero-order valence-corrected chi connectivity index (χ0v) is 16.4. The average molecular weight is 386 g/mol. The summed E-state index contributed by atoms with van der Waals surface area (Å²) in [5.41, 5.74) is 0.844. The van der Waals surface area contributed by atoms with Crippen LogP contribution in [0.25, 0.3) is 0 Å². The number of carbonyl (C=O) groups is 2. The maximum absolute atomic E-state index is 12.7. The summed E-state index contributed by atoms with van der Waals surface area (Å²) < 4.78 is 5.34. The van der Waals surface area contributed by atoms with E-state index in [1.165, 1.54) is 5.56 Å². The quantitative estimate of drug-likeness (QED) is 0.732. The highest BCUT2D eigenvalue weighted by molar-refractivity contribution is 5.94. The molecule has 3 heterocycles. The zero-order valence-electron chi connectivity index (χ0n) is 16.4. The number of likely N-dealkylation sites (tertiary alicyclic amines) is 1. The molecule has 3 aliphatic rings. The van der Waals surface area contributed by atoms with Gasteiger partial charge in [0.05, 0.1) is 18.6 Å². The Hall–Kier alpha value is -1.96. The number of hydrogen-bond donors (Lipinski definition) is 2. The van der Waals surface area contributed by atoms with E-state index in [1.807, 2.05) is 18.2 Å². The van der Waals surface area contributed by atoms with E-state index in [1.54, 1.807) is 0 Å². The van der Waals surface area contributed by atoms with Gasteiger partial charge in [0.2, 0.25) is 11.8 Å². The van der Waals surface area contributed by atoms with E-state index in [4.69, 9.17) is 4.74 Å². The number of rotatable bonds is 6.